The number of nitriles is 1. The van der Waals surface area contributed by atoms with Crippen LogP contribution in [-0.2, 0) is 9.53 Å². The van der Waals surface area contributed by atoms with Crippen molar-refractivity contribution in [3.63, 3.8) is 0 Å². The van der Waals surface area contributed by atoms with Gasteiger partial charge in [0, 0.05) is 22.3 Å². The van der Waals surface area contributed by atoms with Gasteiger partial charge >= 0.3 is 5.97 Å². The van der Waals surface area contributed by atoms with Crippen molar-refractivity contribution in [2.75, 3.05) is 12.4 Å². The van der Waals surface area contributed by atoms with Crippen molar-refractivity contribution in [1.82, 2.24) is 0 Å². The van der Waals surface area contributed by atoms with Crippen LogP contribution in [0.5, 0.6) is 0 Å². The summed E-state index contributed by atoms with van der Waals surface area (Å²) in [7, 11) is 1.32. The number of esters is 1. The molecule has 144 valence electrons. The lowest BCUT2D eigenvalue weighted by Crippen LogP contribution is -2.13. The Labute approximate surface area is 172 Å². The fraction of sp³-hybridized carbons (Fsp3) is 0.0455. The average molecular weight is 407 g/mol. The van der Waals surface area contributed by atoms with E-state index in [9.17, 15) is 14.9 Å². The van der Waals surface area contributed by atoms with Crippen LogP contribution in [0.25, 0.3) is 17.4 Å². The number of benzene rings is 2. The highest BCUT2D eigenvalue weighted by atomic mass is 35.5. The maximum atomic E-state index is 12.3. The van der Waals surface area contributed by atoms with Crippen molar-refractivity contribution in [2.45, 2.75) is 0 Å². The second kappa shape index (κ2) is 8.91. The van der Waals surface area contributed by atoms with Crippen LogP contribution in [0, 0.1) is 11.3 Å². The molecule has 1 N–H and O–H groups in total. The molecule has 0 bridgehead atoms. The minimum absolute atomic E-state index is 0.109. The predicted molar refractivity (Wildman–Crippen MR) is 109 cm³/mol. The lowest BCUT2D eigenvalue weighted by atomic mass is 10.1. The van der Waals surface area contributed by atoms with Crippen LogP contribution in [0.3, 0.4) is 0 Å². The van der Waals surface area contributed by atoms with Gasteiger partial charge in [-0.2, -0.15) is 5.26 Å². The summed E-state index contributed by atoms with van der Waals surface area (Å²) in [6.45, 7) is 0. The summed E-state index contributed by atoms with van der Waals surface area (Å²) in [5, 5.41) is 12.5. The summed E-state index contributed by atoms with van der Waals surface area (Å²) in [5.41, 5.74) is 1.57. The maximum Gasteiger partial charge on any atom is 0.337 e. The molecule has 0 aliphatic carbocycles. The van der Waals surface area contributed by atoms with Crippen LogP contribution < -0.4 is 5.32 Å². The van der Waals surface area contributed by atoms with E-state index in [1.165, 1.54) is 13.2 Å². The molecule has 6 nitrogen and oxygen atoms in total. The molecule has 0 saturated heterocycles. The summed E-state index contributed by atoms with van der Waals surface area (Å²) in [5.74, 6) is -0.108. The molecule has 1 amide bonds. The molecule has 3 rings (SSSR count). The summed E-state index contributed by atoms with van der Waals surface area (Å²) < 4.78 is 10.4. The molecule has 0 radical (unpaired) electrons. The summed E-state index contributed by atoms with van der Waals surface area (Å²) in [4.78, 5) is 23.8. The van der Waals surface area contributed by atoms with Crippen LogP contribution >= 0.6 is 11.6 Å². The predicted octanol–water partition coefficient (Wildman–Crippen LogP) is 4.93. The van der Waals surface area contributed by atoms with Crippen molar-refractivity contribution >= 4 is 35.2 Å². The number of amides is 1. The largest absolute Gasteiger partial charge is 0.465 e. The van der Waals surface area contributed by atoms with Crippen molar-refractivity contribution in [2.24, 2.45) is 0 Å². The number of hydrogen-bond acceptors (Lipinski definition) is 5. The molecular formula is C22H15ClN2O4. The van der Waals surface area contributed by atoms with Gasteiger partial charge in [0.05, 0.1) is 12.7 Å². The van der Waals surface area contributed by atoms with Crippen LogP contribution in [0.1, 0.15) is 16.1 Å². The third-order valence-corrected chi connectivity index (χ3v) is 4.22. The first-order chi connectivity index (χ1) is 14.0. The van der Waals surface area contributed by atoms with Gasteiger partial charge in [0.2, 0.25) is 0 Å². The highest BCUT2D eigenvalue weighted by Gasteiger charge is 2.12. The highest BCUT2D eigenvalue weighted by molar-refractivity contribution is 6.30. The Hall–Kier alpha value is -3.82. The van der Waals surface area contributed by atoms with E-state index >= 15 is 0 Å². The van der Waals surface area contributed by atoms with E-state index in [1.54, 1.807) is 60.7 Å². The molecule has 0 atom stereocenters. The van der Waals surface area contributed by atoms with E-state index in [4.69, 9.17) is 16.0 Å². The first-order valence-corrected chi connectivity index (χ1v) is 8.85. The number of anilines is 1. The first-order valence-electron chi connectivity index (χ1n) is 8.47. The number of nitrogens with zero attached hydrogens (tertiary/aromatic N) is 1. The second-order valence-corrected chi connectivity index (χ2v) is 6.34. The fourth-order valence-electron chi connectivity index (χ4n) is 2.50. The van der Waals surface area contributed by atoms with E-state index in [0.29, 0.717) is 27.8 Å². The number of furan rings is 1. The van der Waals surface area contributed by atoms with Crippen LogP contribution in [0.15, 0.2) is 70.7 Å². The fourth-order valence-corrected chi connectivity index (χ4v) is 2.62. The molecule has 2 aromatic carbocycles. The number of halogens is 1. The Morgan fingerprint density at radius 1 is 1.07 bits per heavy atom. The molecule has 29 heavy (non-hydrogen) atoms. The van der Waals surface area contributed by atoms with Crippen molar-refractivity contribution in [3.8, 4) is 17.4 Å². The van der Waals surface area contributed by atoms with Gasteiger partial charge in [-0.05, 0) is 48.5 Å². The van der Waals surface area contributed by atoms with Crippen molar-refractivity contribution < 1.29 is 18.7 Å². The molecule has 3 aromatic rings. The Morgan fingerprint density at radius 2 is 1.76 bits per heavy atom. The minimum atomic E-state index is -0.560. The van der Waals surface area contributed by atoms with E-state index in [1.807, 2.05) is 6.07 Å². The SMILES string of the molecule is COC(=O)c1ccc(-c2ccc(/C=C(/C#N)C(=O)Nc3ccc(Cl)cc3)o2)cc1. The summed E-state index contributed by atoms with van der Waals surface area (Å²) in [6.07, 6.45) is 1.36. The molecule has 1 aromatic heterocycles. The van der Waals surface area contributed by atoms with Crippen LogP contribution in [0.2, 0.25) is 5.02 Å². The van der Waals surface area contributed by atoms with Gasteiger partial charge < -0.3 is 14.5 Å². The van der Waals surface area contributed by atoms with Gasteiger partial charge in [-0.25, -0.2) is 4.79 Å². The van der Waals surface area contributed by atoms with Crippen LogP contribution in [-0.4, -0.2) is 19.0 Å². The molecule has 7 heteroatoms. The second-order valence-electron chi connectivity index (χ2n) is 5.90. The topological polar surface area (TPSA) is 92.3 Å². The Bertz CT molecular complexity index is 1110. The average Bonchev–Trinajstić information content (AvgIpc) is 3.21. The molecule has 0 unspecified atom stereocenters. The van der Waals surface area contributed by atoms with Crippen molar-refractivity contribution in [1.29, 1.82) is 5.26 Å². The van der Waals surface area contributed by atoms with E-state index in [2.05, 4.69) is 10.1 Å². The Morgan fingerprint density at radius 3 is 2.38 bits per heavy atom. The van der Waals surface area contributed by atoms with Gasteiger partial charge in [-0.3, -0.25) is 4.79 Å². The van der Waals surface area contributed by atoms with Gasteiger partial charge in [0.25, 0.3) is 5.91 Å². The van der Waals surface area contributed by atoms with E-state index in [0.717, 1.165) is 5.56 Å². The number of methoxy groups -OCH3 is 1. The normalized spacial score (nSPS) is 10.9. The Balaban J connectivity index is 1.76. The van der Waals surface area contributed by atoms with Gasteiger partial charge in [0.1, 0.15) is 23.2 Å². The molecular weight excluding hydrogens is 392 g/mol. The monoisotopic (exact) mass is 406 g/mol. The molecule has 0 aliphatic rings. The quantitative estimate of drug-likeness (QED) is 0.368. The number of carbonyl (C=O) groups is 2. The zero-order chi connectivity index (χ0) is 20.8. The third-order valence-electron chi connectivity index (χ3n) is 3.97. The number of hydrogen-bond donors (Lipinski definition) is 1. The number of carbonyl (C=O) groups excluding carboxylic acids is 2. The third kappa shape index (κ3) is 4.92. The lowest BCUT2D eigenvalue weighted by molar-refractivity contribution is -0.112. The molecule has 0 spiro atoms. The smallest absolute Gasteiger partial charge is 0.337 e. The van der Waals surface area contributed by atoms with Gasteiger partial charge in [0.15, 0.2) is 0 Å². The highest BCUT2D eigenvalue weighted by Crippen LogP contribution is 2.24. The summed E-state index contributed by atoms with van der Waals surface area (Å²) in [6, 6.07) is 18.5. The van der Waals surface area contributed by atoms with E-state index < -0.39 is 11.9 Å². The number of nitrogens with one attached hydrogen (secondary N) is 1. The molecule has 0 aliphatic heterocycles. The lowest BCUT2D eigenvalue weighted by Gasteiger charge is -2.03. The molecule has 0 saturated carbocycles. The zero-order valence-electron chi connectivity index (χ0n) is 15.3. The maximum absolute atomic E-state index is 12.3. The van der Waals surface area contributed by atoms with Crippen molar-refractivity contribution in [3.05, 3.63) is 82.6 Å². The Kier molecular flexibility index (Phi) is 6.12. The standard InChI is InChI=1S/C22H15ClN2O4/c1-28-22(27)15-4-2-14(3-5-15)20-11-10-19(29-20)12-16(13-24)21(26)25-18-8-6-17(23)7-9-18/h2-12H,1H3,(H,25,26)/b16-12-. The molecule has 0 fully saturated rings. The molecule has 1 heterocycles. The van der Waals surface area contributed by atoms with Gasteiger partial charge in [-0.1, -0.05) is 23.7 Å². The summed E-state index contributed by atoms with van der Waals surface area (Å²) >= 11 is 5.82. The number of ether oxygens (including phenoxy) is 1. The van der Waals surface area contributed by atoms with E-state index in [-0.39, 0.29) is 5.57 Å². The minimum Gasteiger partial charge on any atom is -0.465 e. The first kappa shape index (κ1) is 19.9. The zero-order valence-corrected chi connectivity index (χ0v) is 16.1. The number of rotatable bonds is 5. The van der Waals surface area contributed by atoms with Gasteiger partial charge in [-0.15, -0.1) is 0 Å². The van der Waals surface area contributed by atoms with Crippen LogP contribution in [0.4, 0.5) is 5.69 Å².